The summed E-state index contributed by atoms with van der Waals surface area (Å²) in [7, 11) is 1.43. The van der Waals surface area contributed by atoms with E-state index in [0.29, 0.717) is 22.6 Å². The molecule has 0 aliphatic carbocycles. The number of esters is 2. The molecule has 1 aliphatic rings. The molecule has 1 atom stereocenters. The topological polar surface area (TPSA) is 154 Å². The van der Waals surface area contributed by atoms with Crippen LogP contribution in [0, 0.1) is 0 Å². The summed E-state index contributed by atoms with van der Waals surface area (Å²) in [5.74, 6) is -0.623. The van der Waals surface area contributed by atoms with Gasteiger partial charge in [0.15, 0.2) is 18.1 Å². The van der Waals surface area contributed by atoms with Gasteiger partial charge in [0.25, 0.3) is 5.91 Å². The molecule has 0 saturated carbocycles. The van der Waals surface area contributed by atoms with E-state index in [4.69, 9.17) is 18.9 Å². The van der Waals surface area contributed by atoms with E-state index in [-0.39, 0.29) is 30.3 Å². The summed E-state index contributed by atoms with van der Waals surface area (Å²) in [5, 5.41) is 9.16. The molecule has 2 aromatic carbocycles. The third-order valence-electron chi connectivity index (χ3n) is 5.17. The van der Waals surface area contributed by atoms with Gasteiger partial charge in [-0.25, -0.2) is 15.0 Å². The normalized spacial score (nSPS) is 14.8. The van der Waals surface area contributed by atoms with Crippen LogP contribution in [0.4, 0.5) is 4.79 Å². The maximum Gasteiger partial charge on any atom is 0.338 e. The number of allylic oxidation sites excluding steroid dienone is 1. The molecule has 12 nitrogen and oxygen atoms in total. The van der Waals surface area contributed by atoms with Crippen LogP contribution in [0.1, 0.15) is 37.9 Å². The van der Waals surface area contributed by atoms with Crippen LogP contribution in [-0.2, 0) is 19.1 Å². The van der Waals surface area contributed by atoms with Gasteiger partial charge in [-0.05, 0) is 49.2 Å². The number of ether oxygens (including phenoxy) is 4. The Morgan fingerprint density at radius 2 is 1.92 bits per heavy atom. The Labute approximate surface area is 219 Å². The van der Waals surface area contributed by atoms with Gasteiger partial charge in [-0.3, -0.25) is 9.59 Å². The van der Waals surface area contributed by atoms with Gasteiger partial charge in [-0.1, -0.05) is 18.2 Å². The number of hydrogen-bond donors (Lipinski definition) is 3. The van der Waals surface area contributed by atoms with Crippen molar-refractivity contribution >= 4 is 30.1 Å². The molecule has 2 aromatic rings. The molecular weight excluding hydrogens is 496 g/mol. The van der Waals surface area contributed by atoms with E-state index >= 15 is 0 Å². The van der Waals surface area contributed by atoms with E-state index in [9.17, 15) is 19.2 Å². The Kier molecular flexibility index (Phi) is 9.41. The van der Waals surface area contributed by atoms with Gasteiger partial charge in [-0.2, -0.15) is 5.10 Å². The van der Waals surface area contributed by atoms with Gasteiger partial charge < -0.3 is 29.6 Å². The molecular formula is C26H28N4O8. The fraction of sp³-hybridized carbons (Fsp3) is 0.269. The number of urea groups is 1. The maximum atomic E-state index is 12.5. The quantitative estimate of drug-likeness (QED) is 0.185. The first kappa shape index (κ1) is 27.7. The van der Waals surface area contributed by atoms with Crippen LogP contribution in [0.15, 0.2) is 58.8 Å². The Balaban J connectivity index is 1.66. The molecule has 3 amide bonds. The van der Waals surface area contributed by atoms with Gasteiger partial charge in [-0.15, -0.1) is 0 Å². The van der Waals surface area contributed by atoms with Crippen molar-refractivity contribution in [3.05, 3.63) is 64.9 Å². The molecule has 0 aromatic heterocycles. The Morgan fingerprint density at radius 1 is 1.13 bits per heavy atom. The van der Waals surface area contributed by atoms with Crippen LogP contribution in [-0.4, -0.2) is 50.4 Å². The Bertz CT molecular complexity index is 1290. The third kappa shape index (κ3) is 7.32. The molecule has 0 bridgehead atoms. The SMILES string of the molecule is CCOC(=O)C1=C(C)NC(=O)N[C@@H]1c1ccc(OCC(=O)N/N=C/c2cccc(OC(C)=O)c2)c(OC)c1. The number of nitrogens with zero attached hydrogens (tertiary/aromatic N) is 1. The molecule has 0 unspecified atom stereocenters. The van der Waals surface area contributed by atoms with E-state index < -0.39 is 29.9 Å². The van der Waals surface area contributed by atoms with Crippen molar-refractivity contribution in [1.82, 2.24) is 16.1 Å². The van der Waals surface area contributed by atoms with E-state index in [0.717, 1.165) is 0 Å². The van der Waals surface area contributed by atoms with Crippen molar-refractivity contribution in [1.29, 1.82) is 0 Å². The number of rotatable bonds is 10. The fourth-order valence-electron chi connectivity index (χ4n) is 3.58. The van der Waals surface area contributed by atoms with Gasteiger partial charge in [0.1, 0.15) is 5.75 Å². The van der Waals surface area contributed by atoms with E-state index in [1.165, 1.54) is 20.2 Å². The fourth-order valence-corrected chi connectivity index (χ4v) is 3.58. The molecule has 0 saturated heterocycles. The van der Waals surface area contributed by atoms with Crippen LogP contribution in [0.3, 0.4) is 0 Å². The highest BCUT2D eigenvalue weighted by atomic mass is 16.5. The lowest BCUT2D eigenvalue weighted by molar-refractivity contribution is -0.139. The minimum Gasteiger partial charge on any atom is -0.493 e. The number of methoxy groups -OCH3 is 1. The minimum atomic E-state index is -0.775. The highest BCUT2D eigenvalue weighted by Crippen LogP contribution is 2.34. The Hall–Kier alpha value is -4.87. The average molecular weight is 525 g/mol. The molecule has 1 heterocycles. The molecule has 1 aliphatic heterocycles. The first-order valence-electron chi connectivity index (χ1n) is 11.6. The van der Waals surface area contributed by atoms with Crippen molar-refractivity contribution in [3.8, 4) is 17.2 Å². The molecule has 200 valence electrons. The summed E-state index contributed by atoms with van der Waals surface area (Å²) < 4.78 is 21.1. The second-order valence-corrected chi connectivity index (χ2v) is 7.95. The molecule has 0 fully saturated rings. The summed E-state index contributed by atoms with van der Waals surface area (Å²) >= 11 is 0. The first-order chi connectivity index (χ1) is 18.2. The molecule has 3 N–H and O–H groups in total. The average Bonchev–Trinajstić information content (AvgIpc) is 2.86. The minimum absolute atomic E-state index is 0.180. The van der Waals surface area contributed by atoms with E-state index in [2.05, 4.69) is 21.2 Å². The highest BCUT2D eigenvalue weighted by molar-refractivity contribution is 5.95. The van der Waals surface area contributed by atoms with Crippen molar-refractivity contribution in [3.63, 3.8) is 0 Å². The molecule has 38 heavy (non-hydrogen) atoms. The molecule has 12 heteroatoms. The number of carbonyl (C=O) groups is 4. The number of hydrazone groups is 1. The van der Waals surface area contributed by atoms with E-state index in [1.807, 2.05) is 0 Å². The number of nitrogens with one attached hydrogen (secondary N) is 3. The van der Waals surface area contributed by atoms with Crippen LogP contribution in [0.5, 0.6) is 17.2 Å². The second-order valence-electron chi connectivity index (χ2n) is 7.95. The third-order valence-corrected chi connectivity index (χ3v) is 5.17. The smallest absolute Gasteiger partial charge is 0.338 e. The summed E-state index contributed by atoms with van der Waals surface area (Å²) in [5.41, 5.74) is 4.15. The summed E-state index contributed by atoms with van der Waals surface area (Å²) in [6, 6.07) is 10.2. The second kappa shape index (κ2) is 12.9. The molecule has 0 radical (unpaired) electrons. The van der Waals surface area contributed by atoms with Crippen molar-refractivity contribution in [2.45, 2.75) is 26.8 Å². The summed E-state index contributed by atoms with van der Waals surface area (Å²) in [6.45, 7) is 4.42. The first-order valence-corrected chi connectivity index (χ1v) is 11.6. The zero-order valence-corrected chi connectivity index (χ0v) is 21.3. The van der Waals surface area contributed by atoms with Crippen LogP contribution in [0.2, 0.25) is 0 Å². The predicted molar refractivity (Wildman–Crippen MR) is 136 cm³/mol. The number of amides is 3. The summed E-state index contributed by atoms with van der Waals surface area (Å²) in [4.78, 5) is 47.9. The van der Waals surface area contributed by atoms with Crippen LogP contribution >= 0.6 is 0 Å². The van der Waals surface area contributed by atoms with Gasteiger partial charge >= 0.3 is 18.0 Å². The number of carbonyl (C=O) groups excluding carboxylic acids is 4. The highest BCUT2D eigenvalue weighted by Gasteiger charge is 2.32. The number of benzene rings is 2. The van der Waals surface area contributed by atoms with Crippen molar-refractivity contribution in [2.24, 2.45) is 5.10 Å². The van der Waals surface area contributed by atoms with Crippen LogP contribution in [0.25, 0.3) is 0 Å². The number of hydrogen-bond acceptors (Lipinski definition) is 9. The van der Waals surface area contributed by atoms with Gasteiger partial charge in [0.05, 0.1) is 31.5 Å². The predicted octanol–water partition coefficient (Wildman–Crippen LogP) is 2.34. The Morgan fingerprint density at radius 3 is 2.63 bits per heavy atom. The molecule has 0 spiro atoms. The molecule has 3 rings (SSSR count). The largest absolute Gasteiger partial charge is 0.493 e. The maximum absolute atomic E-state index is 12.5. The van der Waals surface area contributed by atoms with Gasteiger partial charge in [0.2, 0.25) is 0 Å². The lowest BCUT2D eigenvalue weighted by Crippen LogP contribution is -2.45. The summed E-state index contributed by atoms with van der Waals surface area (Å²) in [6.07, 6.45) is 1.39. The lowest BCUT2D eigenvalue weighted by atomic mass is 9.95. The standard InChI is InChI=1S/C26H28N4O8/c1-5-36-25(33)23-15(2)28-26(34)29-24(23)18-9-10-20(21(12-18)35-4)37-14-22(32)30-27-13-17-7-6-8-19(11-17)38-16(3)31/h6-13,24H,5,14H2,1-4H3,(H,30,32)(H2,28,29,34)/b27-13+/t24-/m1/s1. The van der Waals surface area contributed by atoms with E-state index in [1.54, 1.807) is 56.3 Å². The zero-order chi connectivity index (χ0) is 27.7. The zero-order valence-electron chi connectivity index (χ0n) is 21.3. The lowest BCUT2D eigenvalue weighted by Gasteiger charge is -2.28. The monoisotopic (exact) mass is 524 g/mol. The van der Waals surface area contributed by atoms with Crippen molar-refractivity contribution < 1.29 is 38.1 Å². The van der Waals surface area contributed by atoms with Crippen molar-refractivity contribution in [2.75, 3.05) is 20.3 Å². The van der Waals surface area contributed by atoms with Gasteiger partial charge in [0, 0.05) is 12.6 Å². The van der Waals surface area contributed by atoms with Crippen LogP contribution < -0.4 is 30.3 Å².